The van der Waals surface area contributed by atoms with E-state index in [9.17, 15) is 14.4 Å². The lowest BCUT2D eigenvalue weighted by atomic mass is 10.1. The largest absolute Gasteiger partial charge is 0.462 e. The molecule has 0 atom stereocenters. The SMILES string of the molecule is CCOC(=O)c1c(NC(=O)CN2CCN(c3ccccc3C)CC2)oc(C)c1C(C)=O. The number of benzene rings is 1. The minimum absolute atomic E-state index is 0.0235. The van der Waals surface area contributed by atoms with Crippen molar-refractivity contribution in [2.45, 2.75) is 27.7 Å². The fraction of sp³-hybridized carbons (Fsp3) is 0.435. The number of nitrogens with one attached hydrogen (secondary N) is 1. The van der Waals surface area contributed by atoms with E-state index in [1.54, 1.807) is 13.8 Å². The number of anilines is 2. The molecule has 166 valence electrons. The van der Waals surface area contributed by atoms with Crippen LogP contribution in [0.25, 0.3) is 0 Å². The summed E-state index contributed by atoms with van der Waals surface area (Å²) in [4.78, 5) is 41.4. The Morgan fingerprint density at radius 2 is 1.74 bits per heavy atom. The highest BCUT2D eigenvalue weighted by Crippen LogP contribution is 2.28. The molecule has 1 aliphatic rings. The number of carbonyl (C=O) groups excluding carboxylic acids is 3. The Hall–Kier alpha value is -3.13. The minimum Gasteiger partial charge on any atom is -0.462 e. The summed E-state index contributed by atoms with van der Waals surface area (Å²) in [5.74, 6) is -1.08. The van der Waals surface area contributed by atoms with Crippen molar-refractivity contribution >= 4 is 29.2 Å². The Kier molecular flexibility index (Phi) is 7.12. The van der Waals surface area contributed by atoms with Crippen molar-refractivity contribution in [3.63, 3.8) is 0 Å². The molecule has 3 rings (SSSR count). The normalized spacial score (nSPS) is 14.4. The molecule has 2 aromatic rings. The Morgan fingerprint density at radius 3 is 2.35 bits per heavy atom. The molecule has 8 heteroatoms. The third-order valence-corrected chi connectivity index (χ3v) is 5.36. The topological polar surface area (TPSA) is 92.1 Å². The molecule has 0 aliphatic carbocycles. The predicted octanol–water partition coefficient (Wildman–Crippen LogP) is 3.04. The number of aryl methyl sites for hydroxylation is 2. The predicted molar refractivity (Wildman–Crippen MR) is 118 cm³/mol. The van der Waals surface area contributed by atoms with E-state index in [0.717, 1.165) is 26.2 Å². The van der Waals surface area contributed by atoms with Gasteiger partial charge < -0.3 is 14.1 Å². The lowest BCUT2D eigenvalue weighted by Crippen LogP contribution is -2.48. The van der Waals surface area contributed by atoms with Crippen LogP contribution in [0, 0.1) is 13.8 Å². The molecule has 1 fully saturated rings. The molecule has 1 N–H and O–H groups in total. The highest BCUT2D eigenvalue weighted by Gasteiger charge is 2.29. The number of esters is 1. The van der Waals surface area contributed by atoms with Gasteiger partial charge in [0.1, 0.15) is 11.3 Å². The van der Waals surface area contributed by atoms with Gasteiger partial charge in [-0.1, -0.05) is 18.2 Å². The molecule has 0 unspecified atom stereocenters. The molecule has 1 amide bonds. The maximum absolute atomic E-state index is 12.6. The molecule has 0 bridgehead atoms. The molecule has 0 saturated carbocycles. The van der Waals surface area contributed by atoms with Crippen LogP contribution in [0.3, 0.4) is 0 Å². The van der Waals surface area contributed by atoms with Gasteiger partial charge in [-0.2, -0.15) is 0 Å². The summed E-state index contributed by atoms with van der Waals surface area (Å²) in [5.41, 5.74) is 2.56. The van der Waals surface area contributed by atoms with Gasteiger partial charge in [-0.3, -0.25) is 19.8 Å². The number of ether oxygens (including phenoxy) is 1. The maximum atomic E-state index is 12.6. The van der Waals surface area contributed by atoms with Crippen LogP contribution in [0.2, 0.25) is 0 Å². The second-order valence-corrected chi connectivity index (χ2v) is 7.61. The second-order valence-electron chi connectivity index (χ2n) is 7.61. The number of ketones is 1. The number of carbonyl (C=O) groups is 3. The Morgan fingerprint density at radius 1 is 1.06 bits per heavy atom. The molecular weight excluding hydrogens is 398 g/mol. The highest BCUT2D eigenvalue weighted by atomic mass is 16.5. The number of rotatable bonds is 7. The number of amides is 1. The quantitative estimate of drug-likeness (QED) is 0.536. The zero-order chi connectivity index (χ0) is 22.5. The zero-order valence-corrected chi connectivity index (χ0v) is 18.5. The summed E-state index contributed by atoms with van der Waals surface area (Å²) >= 11 is 0. The van der Waals surface area contributed by atoms with E-state index in [2.05, 4.69) is 34.2 Å². The third-order valence-electron chi connectivity index (χ3n) is 5.36. The molecule has 1 aromatic heterocycles. The van der Waals surface area contributed by atoms with Crippen LogP contribution in [0.1, 0.15) is 45.9 Å². The molecule has 1 saturated heterocycles. The van der Waals surface area contributed by atoms with E-state index >= 15 is 0 Å². The van der Waals surface area contributed by atoms with E-state index in [-0.39, 0.29) is 47.6 Å². The number of para-hydroxylation sites is 1. The first kappa shape index (κ1) is 22.6. The van der Waals surface area contributed by atoms with E-state index in [4.69, 9.17) is 9.15 Å². The summed E-state index contributed by atoms with van der Waals surface area (Å²) in [6, 6.07) is 8.26. The van der Waals surface area contributed by atoms with Crippen LogP contribution < -0.4 is 10.2 Å². The number of hydrogen-bond donors (Lipinski definition) is 1. The van der Waals surface area contributed by atoms with Crippen LogP contribution in [0.4, 0.5) is 11.6 Å². The van der Waals surface area contributed by atoms with Gasteiger partial charge in [0.15, 0.2) is 5.78 Å². The van der Waals surface area contributed by atoms with Crippen molar-refractivity contribution in [1.29, 1.82) is 0 Å². The molecule has 8 nitrogen and oxygen atoms in total. The van der Waals surface area contributed by atoms with Gasteiger partial charge in [-0.15, -0.1) is 0 Å². The number of piperazine rings is 1. The van der Waals surface area contributed by atoms with Crippen LogP contribution >= 0.6 is 0 Å². The highest BCUT2D eigenvalue weighted by molar-refractivity contribution is 6.10. The summed E-state index contributed by atoms with van der Waals surface area (Å²) in [6.07, 6.45) is 0. The number of nitrogens with zero attached hydrogens (tertiary/aromatic N) is 2. The van der Waals surface area contributed by atoms with Gasteiger partial charge in [-0.25, -0.2) is 4.79 Å². The standard InChI is InChI=1S/C23H29N3O5/c1-5-30-23(29)21-20(16(3)27)17(4)31-22(21)24-19(28)14-25-10-12-26(13-11-25)18-9-7-6-8-15(18)2/h6-9H,5,10-14H2,1-4H3,(H,24,28). The van der Waals surface area contributed by atoms with Gasteiger partial charge in [0.05, 0.1) is 18.7 Å². The fourth-order valence-corrected chi connectivity index (χ4v) is 3.89. The van der Waals surface area contributed by atoms with Crippen LogP contribution in [0.5, 0.6) is 0 Å². The van der Waals surface area contributed by atoms with Crippen LogP contribution in [-0.4, -0.2) is 61.9 Å². The number of furan rings is 1. The van der Waals surface area contributed by atoms with Gasteiger partial charge >= 0.3 is 5.97 Å². The summed E-state index contributed by atoms with van der Waals surface area (Å²) in [6.45, 7) is 10.1. The fourth-order valence-electron chi connectivity index (χ4n) is 3.89. The number of hydrogen-bond acceptors (Lipinski definition) is 7. The van der Waals surface area contributed by atoms with Gasteiger partial charge in [0, 0.05) is 31.9 Å². The average molecular weight is 428 g/mol. The Labute approximate surface area is 182 Å². The first-order valence-electron chi connectivity index (χ1n) is 10.5. The summed E-state index contributed by atoms with van der Waals surface area (Å²) in [5, 5.41) is 2.65. The van der Waals surface area contributed by atoms with Gasteiger partial charge in [-0.05, 0) is 39.3 Å². The van der Waals surface area contributed by atoms with E-state index < -0.39 is 5.97 Å². The van der Waals surface area contributed by atoms with Gasteiger partial charge in [0.2, 0.25) is 11.8 Å². The lowest BCUT2D eigenvalue weighted by Gasteiger charge is -2.36. The van der Waals surface area contributed by atoms with Crippen molar-refractivity contribution in [2.75, 3.05) is 49.5 Å². The molecule has 1 aromatic carbocycles. The maximum Gasteiger partial charge on any atom is 0.344 e. The lowest BCUT2D eigenvalue weighted by molar-refractivity contribution is -0.117. The summed E-state index contributed by atoms with van der Waals surface area (Å²) < 4.78 is 10.6. The molecule has 0 radical (unpaired) electrons. The Bertz CT molecular complexity index is 974. The average Bonchev–Trinajstić information content (AvgIpc) is 3.05. The first-order chi connectivity index (χ1) is 14.8. The molecule has 31 heavy (non-hydrogen) atoms. The molecule has 1 aliphatic heterocycles. The second kappa shape index (κ2) is 9.78. The van der Waals surface area contributed by atoms with Crippen LogP contribution in [-0.2, 0) is 9.53 Å². The van der Waals surface area contributed by atoms with Crippen molar-refractivity contribution in [3.05, 3.63) is 46.7 Å². The van der Waals surface area contributed by atoms with Crippen molar-refractivity contribution in [3.8, 4) is 0 Å². The third kappa shape index (κ3) is 5.14. The molecular formula is C23H29N3O5. The molecule has 2 heterocycles. The van der Waals surface area contributed by atoms with Crippen LogP contribution in [0.15, 0.2) is 28.7 Å². The van der Waals surface area contributed by atoms with E-state index in [0.29, 0.717) is 0 Å². The van der Waals surface area contributed by atoms with Gasteiger partial charge in [0.25, 0.3) is 0 Å². The summed E-state index contributed by atoms with van der Waals surface area (Å²) in [7, 11) is 0. The minimum atomic E-state index is -0.688. The smallest absolute Gasteiger partial charge is 0.344 e. The van der Waals surface area contributed by atoms with Crippen molar-refractivity contribution in [2.24, 2.45) is 0 Å². The zero-order valence-electron chi connectivity index (χ0n) is 18.5. The van der Waals surface area contributed by atoms with E-state index in [1.807, 2.05) is 12.1 Å². The van der Waals surface area contributed by atoms with E-state index in [1.165, 1.54) is 18.2 Å². The first-order valence-corrected chi connectivity index (χ1v) is 10.5. The van der Waals surface area contributed by atoms with Crippen molar-refractivity contribution < 1.29 is 23.5 Å². The van der Waals surface area contributed by atoms with Crippen molar-refractivity contribution in [1.82, 2.24) is 4.90 Å². The Balaban J connectivity index is 1.64. The monoisotopic (exact) mass is 427 g/mol. The number of Topliss-reactive ketones (excluding diaryl/α,β-unsaturated/α-hetero) is 1. The molecule has 0 spiro atoms.